The number of ketones is 2. The van der Waals surface area contributed by atoms with Gasteiger partial charge in [-0.05, 0) is 46.1 Å². The normalized spacial score (nSPS) is 12.5. The number of hydrogen-bond acceptors (Lipinski definition) is 7. The van der Waals surface area contributed by atoms with Gasteiger partial charge in [0.2, 0.25) is 0 Å². The molecule has 0 saturated carbocycles. The third kappa shape index (κ3) is 2.88. The summed E-state index contributed by atoms with van der Waals surface area (Å²) in [6.07, 6.45) is 0.894. The van der Waals surface area contributed by atoms with Crippen LogP contribution in [0.2, 0.25) is 0 Å². The van der Waals surface area contributed by atoms with Crippen molar-refractivity contribution in [2.24, 2.45) is 0 Å². The molecule has 0 radical (unpaired) electrons. The second-order valence-corrected chi connectivity index (χ2v) is 7.85. The molecular weight excluding hydrogens is 448 g/mol. The predicted molar refractivity (Wildman–Crippen MR) is 121 cm³/mol. The van der Waals surface area contributed by atoms with Crippen molar-refractivity contribution in [2.75, 3.05) is 22.9 Å². The van der Waals surface area contributed by atoms with Gasteiger partial charge in [-0.25, -0.2) is 0 Å². The quantitative estimate of drug-likeness (QED) is 0.334. The molecule has 0 saturated heterocycles. The number of carbonyl (C=O) groups is 2. The molecule has 0 aliphatic heterocycles. The van der Waals surface area contributed by atoms with Gasteiger partial charge in [-0.2, -0.15) is 0 Å². The van der Waals surface area contributed by atoms with E-state index in [1.165, 1.54) is 12.1 Å². The van der Waals surface area contributed by atoms with Crippen molar-refractivity contribution in [3.8, 4) is 11.5 Å². The van der Waals surface area contributed by atoms with Crippen molar-refractivity contribution in [3.05, 3.63) is 68.7 Å². The summed E-state index contributed by atoms with van der Waals surface area (Å²) in [7, 11) is 0. The zero-order chi connectivity index (χ0) is 21.7. The largest absolute Gasteiger partial charge is 0.455 e. The van der Waals surface area contributed by atoms with Gasteiger partial charge in [0.15, 0.2) is 17.3 Å². The van der Waals surface area contributed by atoms with Gasteiger partial charge in [-0.1, -0.05) is 19.1 Å². The van der Waals surface area contributed by atoms with E-state index in [4.69, 9.17) is 27.7 Å². The summed E-state index contributed by atoms with van der Waals surface area (Å²) in [6.45, 7) is 2.05. The Balaban J connectivity index is 1.88. The minimum atomic E-state index is -0.521. The Kier molecular flexibility index (Phi) is 4.66. The van der Waals surface area contributed by atoms with Crippen LogP contribution in [-0.4, -0.2) is 11.6 Å². The molecule has 3 aromatic rings. The Labute approximate surface area is 181 Å². The van der Waals surface area contributed by atoms with Gasteiger partial charge in [0, 0.05) is 21.9 Å². The van der Waals surface area contributed by atoms with Crippen LogP contribution in [0.5, 0.6) is 11.5 Å². The fourth-order valence-electron chi connectivity index (χ4n) is 3.59. The Morgan fingerprint density at radius 3 is 1.90 bits per heavy atom. The Morgan fingerprint density at radius 1 is 0.800 bits per heavy atom. The van der Waals surface area contributed by atoms with Gasteiger partial charge in [-0.3, -0.25) is 9.59 Å². The van der Waals surface area contributed by atoms with Crippen molar-refractivity contribution in [3.63, 3.8) is 0 Å². The lowest BCUT2D eigenvalue weighted by Gasteiger charge is -2.24. The van der Waals surface area contributed by atoms with E-state index in [0.717, 1.165) is 12.0 Å². The predicted octanol–water partition coefficient (Wildman–Crippen LogP) is 3.91. The fourth-order valence-corrected chi connectivity index (χ4v) is 4.04. The highest BCUT2D eigenvalue weighted by Crippen LogP contribution is 2.44. The third-order valence-electron chi connectivity index (χ3n) is 5.18. The molecule has 0 amide bonds. The molecule has 0 aromatic heterocycles. The topological polar surface area (TPSA) is 147 Å². The summed E-state index contributed by atoms with van der Waals surface area (Å²) < 4.78 is 6.29. The minimum Gasteiger partial charge on any atom is -0.455 e. The van der Waals surface area contributed by atoms with E-state index < -0.39 is 11.6 Å². The first-order valence-corrected chi connectivity index (χ1v) is 9.99. The lowest BCUT2D eigenvalue weighted by Crippen LogP contribution is -2.26. The minimum absolute atomic E-state index is 0.00267. The Bertz CT molecular complexity index is 1240. The van der Waals surface area contributed by atoms with Crippen molar-refractivity contribution < 1.29 is 14.3 Å². The number of fused-ring (bicyclic) bond motifs is 2. The smallest absolute Gasteiger partial charge is 0.198 e. The molecule has 0 fully saturated rings. The first-order valence-electron chi connectivity index (χ1n) is 9.20. The van der Waals surface area contributed by atoms with E-state index in [1.807, 2.05) is 12.1 Å². The number of hydrogen-bond donors (Lipinski definition) is 4. The highest BCUT2D eigenvalue weighted by Gasteiger charge is 2.38. The zero-order valence-corrected chi connectivity index (χ0v) is 17.7. The van der Waals surface area contributed by atoms with E-state index in [2.05, 4.69) is 22.9 Å². The Hall–Kier alpha value is -3.52. The number of anilines is 4. The number of rotatable bonds is 3. The molecule has 0 heterocycles. The maximum absolute atomic E-state index is 13.3. The number of benzene rings is 3. The van der Waals surface area contributed by atoms with Crippen LogP contribution in [0.1, 0.15) is 44.3 Å². The van der Waals surface area contributed by atoms with Crippen molar-refractivity contribution in [2.45, 2.75) is 13.3 Å². The summed E-state index contributed by atoms with van der Waals surface area (Å²) in [5.74, 6) is -0.315. The standard InChI is InChI=1S/C22H19BrN4O3/c1-2-9-3-5-10(6-4-9)30-14-8-13(25)16-18(20(14)27)22(29)15-12(24)7-11(23)19(26)17(15)21(16)28/h3-8H,2,24-27H2,1H3. The van der Waals surface area contributed by atoms with E-state index in [1.54, 1.807) is 12.1 Å². The number of nitrogens with two attached hydrogens (primary N) is 4. The molecule has 1 aliphatic carbocycles. The molecule has 7 nitrogen and oxygen atoms in total. The van der Waals surface area contributed by atoms with Crippen LogP contribution in [0.25, 0.3) is 0 Å². The first-order chi connectivity index (χ1) is 14.2. The maximum Gasteiger partial charge on any atom is 0.198 e. The molecule has 0 unspecified atom stereocenters. The molecule has 3 aromatic carbocycles. The molecule has 0 bridgehead atoms. The van der Waals surface area contributed by atoms with Crippen LogP contribution in [0, 0.1) is 0 Å². The summed E-state index contributed by atoms with van der Waals surface area (Å²) in [5.41, 5.74) is 26.0. The summed E-state index contributed by atoms with van der Waals surface area (Å²) in [6, 6.07) is 10.4. The number of ether oxygens (including phenoxy) is 1. The SMILES string of the molecule is CCc1ccc(Oc2cc(N)c3c(c2N)C(=O)c2c(N)cc(Br)c(N)c2C3=O)cc1. The molecule has 0 atom stereocenters. The number of nitrogen functional groups attached to an aromatic ring is 4. The highest BCUT2D eigenvalue weighted by molar-refractivity contribution is 9.10. The van der Waals surface area contributed by atoms with Crippen LogP contribution in [0.15, 0.2) is 40.9 Å². The molecule has 152 valence electrons. The second-order valence-electron chi connectivity index (χ2n) is 7.00. The van der Waals surface area contributed by atoms with Gasteiger partial charge in [0.1, 0.15) is 5.75 Å². The van der Waals surface area contributed by atoms with Crippen LogP contribution < -0.4 is 27.7 Å². The summed E-state index contributed by atoms with van der Waals surface area (Å²) >= 11 is 3.26. The molecule has 4 rings (SSSR count). The van der Waals surface area contributed by atoms with Crippen LogP contribution in [0.4, 0.5) is 22.7 Å². The second kappa shape index (κ2) is 7.07. The van der Waals surface area contributed by atoms with Gasteiger partial charge in [-0.15, -0.1) is 0 Å². The van der Waals surface area contributed by atoms with Crippen molar-refractivity contribution in [1.29, 1.82) is 0 Å². The highest BCUT2D eigenvalue weighted by atomic mass is 79.9. The van der Waals surface area contributed by atoms with Crippen LogP contribution in [-0.2, 0) is 6.42 Å². The molecule has 1 aliphatic rings. The molecule has 8 heteroatoms. The fraction of sp³-hybridized carbons (Fsp3) is 0.0909. The number of halogens is 1. The van der Waals surface area contributed by atoms with Gasteiger partial charge >= 0.3 is 0 Å². The number of carbonyl (C=O) groups excluding carboxylic acids is 2. The maximum atomic E-state index is 13.3. The average Bonchev–Trinajstić information content (AvgIpc) is 2.71. The lowest BCUT2D eigenvalue weighted by molar-refractivity contribution is 0.0981. The molecular formula is C22H19BrN4O3. The number of aryl methyl sites for hydroxylation is 1. The van der Waals surface area contributed by atoms with E-state index >= 15 is 0 Å². The molecule has 30 heavy (non-hydrogen) atoms. The van der Waals surface area contributed by atoms with E-state index in [0.29, 0.717) is 10.2 Å². The van der Waals surface area contributed by atoms with Gasteiger partial charge in [0.25, 0.3) is 0 Å². The Morgan fingerprint density at radius 2 is 1.33 bits per heavy atom. The van der Waals surface area contributed by atoms with Crippen LogP contribution >= 0.6 is 15.9 Å². The van der Waals surface area contributed by atoms with Gasteiger partial charge < -0.3 is 27.7 Å². The average molecular weight is 467 g/mol. The van der Waals surface area contributed by atoms with Crippen LogP contribution in [0.3, 0.4) is 0 Å². The van der Waals surface area contributed by atoms with E-state index in [9.17, 15) is 9.59 Å². The zero-order valence-electron chi connectivity index (χ0n) is 16.1. The first kappa shape index (κ1) is 19.8. The third-order valence-corrected chi connectivity index (χ3v) is 5.83. The summed E-state index contributed by atoms with van der Waals surface area (Å²) in [5, 5.41) is 0. The van der Waals surface area contributed by atoms with Crippen molar-refractivity contribution >= 4 is 50.2 Å². The lowest BCUT2D eigenvalue weighted by atomic mass is 9.80. The van der Waals surface area contributed by atoms with Crippen molar-refractivity contribution in [1.82, 2.24) is 0 Å². The molecule has 8 N–H and O–H groups in total. The monoisotopic (exact) mass is 466 g/mol. The molecule has 0 spiro atoms. The summed E-state index contributed by atoms with van der Waals surface area (Å²) in [4.78, 5) is 26.5. The van der Waals surface area contributed by atoms with E-state index in [-0.39, 0.29) is 50.8 Å². The van der Waals surface area contributed by atoms with Gasteiger partial charge in [0.05, 0.1) is 33.6 Å².